The molecular weight excluding hydrogens is 1890 g/mol. The minimum Gasteiger partial charge on any atom is -0.456 e. The van der Waals surface area contributed by atoms with Crippen molar-refractivity contribution in [1.82, 2.24) is 29.9 Å². The lowest BCUT2D eigenvalue weighted by atomic mass is 9.75. The van der Waals surface area contributed by atoms with E-state index in [2.05, 4.69) is 417 Å². The fourth-order valence-electron chi connectivity index (χ4n) is 21.9. The number of hydrogen-bond acceptors (Lipinski definition) is 12. The van der Waals surface area contributed by atoms with Gasteiger partial charge in [-0.1, -0.05) is 181 Å². The van der Waals surface area contributed by atoms with E-state index in [0.29, 0.717) is 29.0 Å². The number of aromatic nitrogens is 12. The predicted molar refractivity (Wildman–Crippen MR) is 597 cm³/mol. The van der Waals surface area contributed by atoms with Gasteiger partial charge in [0.25, 0.3) is 5.88 Å². The molecule has 0 N–H and O–H groups in total. The molecule has 0 radical (unpaired) electrons. The van der Waals surface area contributed by atoms with E-state index in [4.69, 9.17) is 33.9 Å². The largest absolute Gasteiger partial charge is 0.456 e. The van der Waals surface area contributed by atoms with Crippen LogP contribution in [-0.4, -0.2) is 70.3 Å². The fraction of sp³-hybridized carbons (Fsp3) is 0.207. The van der Waals surface area contributed by atoms with Crippen molar-refractivity contribution in [2.45, 2.75) is 146 Å². The molecule has 0 atom stereocenters. The monoisotopic (exact) mass is 2010 g/mol. The lowest BCUT2D eigenvalue weighted by Crippen LogP contribution is -2.79. The first kappa shape index (κ1) is 98.9. The SMILES string of the molecule is Cc1ccc2c(c1-c1cccc[n+]1C)Oc1ncccc1C2(C)C.Cc1ccc2c(c1-c1cccc[n+]1C)Oc1ncccc1O2.Cc1ccc2c(c1-c1cccc[n+]1C)Sc1ncccc1[Si]2(C)C.Cc1ccc2c(c1-c1cccc[n+]1C)[Si](C)(C)c1ncccc1O2.Cc1ccc2c(c1-c1cccc[n+]1C)[Si](C)(C)c1ncccc1S2.Cc1ccc2c(c1-c1cccc[n+]1C)[Si](C)(C)c1ncccc1[Si]2(C)C. The van der Waals surface area contributed by atoms with Crippen molar-refractivity contribution in [3.8, 4) is 114 Å². The summed E-state index contributed by atoms with van der Waals surface area (Å²) in [5, 5.41) is 15.6. The van der Waals surface area contributed by atoms with Gasteiger partial charge in [0.2, 0.25) is 40.0 Å². The van der Waals surface area contributed by atoms with Gasteiger partial charge in [-0.05, 0) is 210 Å². The standard InChI is InChI=1S/C22H27N2Si2.C21H21N2O.C20H21N2OSi.2C20H21N2SSi.C18H15N2O2/c1-16-12-13-18-21(20(16)17-10-7-8-15-24(17)2)26(5,6)22-19(25(18,3)4)11-9-14-23-22;1-14-10-11-15-19(18(14)17-9-5-6-13-23(17)4)24-20-16(21(15,2)3)8-7-12-22-20;1-14-10-11-16-19(18(14)15-8-5-6-13-22(15)2)24(3,4)20-17(23-16)9-7-12-21-20;1-14-10-11-16-19(18(14)15-8-5-6-13-22(15)2)23-20-17(24(16,3)4)9-7-12-21-20;1-14-10-11-16-19(18(14)15-8-5-6-13-22(15)2)24(3,4)20-17(23-16)9-7-12-21-20;1-12-8-9-14-17(16(12)13-6-3-4-11-20(13)2)22-18-15(21-14)7-5-10-19-18/h7-15H,1-6H3;4*5-13H,1-4H3;3-11H,1-2H3/q6*+1. The summed E-state index contributed by atoms with van der Waals surface area (Å²) in [6.07, 6.45) is 23.8. The first-order valence-corrected chi connectivity index (χ1v) is 66.0. The molecule has 18 aromatic rings. The summed E-state index contributed by atoms with van der Waals surface area (Å²) in [6.45, 7) is 42.0. The average molecular weight is 2020 g/mol. The lowest BCUT2D eigenvalue weighted by Gasteiger charge is -2.41. The molecule has 0 amide bonds. The summed E-state index contributed by atoms with van der Waals surface area (Å²) in [4.78, 5) is 32.0. The Hall–Kier alpha value is -13.9. The Balaban J connectivity index is 0.000000109. The molecule has 0 fully saturated rings. The quantitative estimate of drug-likeness (QED) is 0.116. The maximum atomic E-state index is 6.31. The Kier molecular flexibility index (Phi) is 27.0. The van der Waals surface area contributed by atoms with E-state index in [9.17, 15) is 0 Å². The first-order chi connectivity index (χ1) is 69.0. The molecular formula is C121H126N12O4S2Si5+6. The van der Waals surface area contributed by atoms with E-state index >= 15 is 0 Å². The molecule has 720 valence electrons. The van der Waals surface area contributed by atoms with Crippen LogP contribution in [0.4, 0.5) is 0 Å². The Morgan fingerprint density at radius 1 is 0.250 bits per heavy atom. The van der Waals surface area contributed by atoms with Crippen molar-refractivity contribution in [3.63, 3.8) is 0 Å². The van der Waals surface area contributed by atoms with Gasteiger partial charge < -0.3 is 18.9 Å². The molecule has 6 aromatic carbocycles. The van der Waals surface area contributed by atoms with E-state index < -0.39 is 40.4 Å². The Labute approximate surface area is 861 Å². The first-order valence-electron chi connectivity index (χ1n) is 49.3. The summed E-state index contributed by atoms with van der Waals surface area (Å²) in [5.41, 5.74) is 24.8. The molecule has 0 bridgehead atoms. The van der Waals surface area contributed by atoms with Crippen LogP contribution in [0, 0.1) is 41.5 Å². The minimum atomic E-state index is -1.96. The van der Waals surface area contributed by atoms with Gasteiger partial charge in [0.1, 0.15) is 105 Å². The lowest BCUT2D eigenvalue weighted by molar-refractivity contribution is -0.660. The zero-order chi connectivity index (χ0) is 101. The fourth-order valence-corrected chi connectivity index (χ4v) is 45.7. The van der Waals surface area contributed by atoms with Crippen molar-refractivity contribution in [1.29, 1.82) is 0 Å². The number of hydrogen-bond donors (Lipinski definition) is 0. The van der Waals surface area contributed by atoms with E-state index in [1.54, 1.807) is 22.8 Å². The Bertz CT molecular complexity index is 7820. The second-order valence-electron chi connectivity index (χ2n) is 41.5. The molecule has 16 nitrogen and oxygen atoms in total. The van der Waals surface area contributed by atoms with Crippen molar-refractivity contribution in [2.75, 3.05) is 0 Å². The van der Waals surface area contributed by atoms with Crippen LogP contribution in [0.3, 0.4) is 0 Å². The Morgan fingerprint density at radius 2 is 0.632 bits per heavy atom. The molecule has 0 spiro atoms. The van der Waals surface area contributed by atoms with Crippen LogP contribution >= 0.6 is 23.5 Å². The minimum absolute atomic E-state index is 0.146. The number of ether oxygens (including phenoxy) is 4. The highest BCUT2D eigenvalue weighted by atomic mass is 32.2. The second kappa shape index (κ2) is 39.3. The van der Waals surface area contributed by atoms with Crippen molar-refractivity contribution in [3.05, 3.63) is 374 Å². The molecule has 23 heteroatoms. The van der Waals surface area contributed by atoms with Gasteiger partial charge in [0.15, 0.2) is 54.4 Å². The van der Waals surface area contributed by atoms with Gasteiger partial charge in [0.05, 0.1) is 27.6 Å². The van der Waals surface area contributed by atoms with Crippen LogP contribution < -0.4 is 98.6 Å². The number of benzene rings is 6. The highest BCUT2D eigenvalue weighted by Crippen LogP contribution is 2.53. The average Bonchev–Trinajstić information content (AvgIpc) is 0.702. The molecule has 6 aliphatic heterocycles. The zero-order valence-electron chi connectivity index (χ0n) is 87.0. The number of pyridine rings is 12. The van der Waals surface area contributed by atoms with Gasteiger partial charge >= 0.3 is 0 Å². The molecule has 0 unspecified atom stereocenters. The van der Waals surface area contributed by atoms with Crippen LogP contribution in [0.1, 0.15) is 58.4 Å². The predicted octanol–water partition coefficient (Wildman–Crippen LogP) is 19.1. The smallest absolute Gasteiger partial charge is 0.263 e. The molecule has 144 heavy (non-hydrogen) atoms. The molecule has 12 aromatic heterocycles. The number of fused-ring (bicyclic) bond motifs is 12. The molecule has 0 saturated carbocycles. The topological polar surface area (TPSA) is 138 Å². The van der Waals surface area contributed by atoms with Gasteiger partial charge in [-0.25, -0.2) is 42.4 Å². The van der Waals surface area contributed by atoms with Gasteiger partial charge in [-0.3, -0.25) is 15.0 Å². The Morgan fingerprint density at radius 3 is 1.19 bits per heavy atom. The highest BCUT2D eigenvalue weighted by molar-refractivity contribution is 8.00. The van der Waals surface area contributed by atoms with Crippen LogP contribution in [0.5, 0.6) is 46.3 Å². The summed E-state index contributed by atoms with van der Waals surface area (Å²) < 4.78 is 37.6. The number of nitrogens with zero attached hydrogens (tertiary/aromatic N) is 12. The molecule has 6 aliphatic rings. The third kappa shape index (κ3) is 17.9. The van der Waals surface area contributed by atoms with Crippen molar-refractivity contribution in [2.24, 2.45) is 42.3 Å². The zero-order valence-corrected chi connectivity index (χ0v) is 93.6. The van der Waals surface area contributed by atoms with E-state index in [0.717, 1.165) is 56.2 Å². The molecule has 18 heterocycles. The summed E-state index contributed by atoms with van der Waals surface area (Å²) in [7, 11) is 3.38. The maximum Gasteiger partial charge on any atom is 0.263 e. The summed E-state index contributed by atoms with van der Waals surface area (Å²) in [5.74, 6) is 6.10. The molecule has 0 aliphatic carbocycles. The van der Waals surface area contributed by atoms with Gasteiger partial charge in [-0.2, -0.15) is 0 Å². The summed E-state index contributed by atoms with van der Waals surface area (Å²) in [6, 6.07) is 89.4. The van der Waals surface area contributed by atoms with Crippen LogP contribution in [0.2, 0.25) is 65.5 Å². The van der Waals surface area contributed by atoms with E-state index in [1.807, 2.05) is 128 Å². The van der Waals surface area contributed by atoms with Gasteiger partial charge in [-0.15, -0.1) is 0 Å². The van der Waals surface area contributed by atoms with E-state index in [1.165, 1.54) is 135 Å². The normalized spacial score (nSPS) is 14.6. The van der Waals surface area contributed by atoms with Crippen LogP contribution in [-0.2, 0) is 47.7 Å². The number of aryl methyl sites for hydroxylation is 12. The van der Waals surface area contributed by atoms with Gasteiger partial charge in [0, 0.05) is 168 Å². The van der Waals surface area contributed by atoms with Crippen LogP contribution in [0.15, 0.2) is 349 Å². The van der Waals surface area contributed by atoms with Crippen LogP contribution in [0.25, 0.3) is 67.5 Å². The van der Waals surface area contributed by atoms with E-state index in [-0.39, 0.29) is 5.41 Å². The molecule has 24 rings (SSSR count). The second-order valence-corrected chi connectivity index (χ2v) is 64.9. The third-order valence-corrected chi connectivity index (χ3v) is 50.2. The third-order valence-electron chi connectivity index (χ3n) is 29.7. The van der Waals surface area contributed by atoms with Crippen molar-refractivity contribution < 1.29 is 46.4 Å². The highest BCUT2D eigenvalue weighted by Gasteiger charge is 2.50. The number of rotatable bonds is 6. The molecule has 0 saturated heterocycles. The maximum absolute atomic E-state index is 6.31. The summed E-state index contributed by atoms with van der Waals surface area (Å²) >= 11 is 3.71. The van der Waals surface area contributed by atoms with Crippen molar-refractivity contribution >= 4 is 116 Å².